The molecule has 1 heterocycles. The second kappa shape index (κ2) is 8.41. The molecule has 2 aromatic carbocycles. The van der Waals surface area contributed by atoms with Crippen molar-refractivity contribution in [2.24, 2.45) is 4.99 Å². The number of nitro groups is 1. The smallest absolute Gasteiger partial charge is 0.335 e. The van der Waals surface area contributed by atoms with E-state index in [0.717, 1.165) is 11.8 Å². The first-order valence-corrected chi connectivity index (χ1v) is 9.25. The van der Waals surface area contributed by atoms with E-state index in [4.69, 9.17) is 11.6 Å². The van der Waals surface area contributed by atoms with Gasteiger partial charge in [0.25, 0.3) is 5.69 Å². The Morgan fingerprint density at radius 1 is 1.06 bits per heavy atom. The van der Waals surface area contributed by atoms with Crippen LogP contribution < -0.4 is 0 Å². The fourth-order valence-electron chi connectivity index (χ4n) is 3.17. The van der Waals surface area contributed by atoms with Crippen molar-refractivity contribution in [3.63, 3.8) is 0 Å². The predicted octanol–water partition coefficient (Wildman–Crippen LogP) is 4.80. The van der Waals surface area contributed by atoms with Crippen molar-refractivity contribution in [3.05, 3.63) is 85.7 Å². The van der Waals surface area contributed by atoms with Crippen LogP contribution in [0.1, 0.15) is 37.7 Å². The van der Waals surface area contributed by atoms with E-state index in [2.05, 4.69) is 4.99 Å². The van der Waals surface area contributed by atoms with Gasteiger partial charge < -0.3 is 14.8 Å². The highest BCUT2D eigenvalue weighted by molar-refractivity contribution is 6.32. The molecule has 0 saturated carbocycles. The largest absolute Gasteiger partial charge is 0.478 e. The summed E-state index contributed by atoms with van der Waals surface area (Å²) in [7, 11) is 0. The third-order valence-corrected chi connectivity index (χ3v) is 4.94. The van der Waals surface area contributed by atoms with E-state index in [-0.39, 0.29) is 21.8 Å². The number of aromatic carboxylic acids is 2. The zero-order valence-corrected chi connectivity index (χ0v) is 17.1. The van der Waals surface area contributed by atoms with Crippen molar-refractivity contribution in [3.8, 4) is 5.69 Å². The number of halogens is 1. The monoisotopic (exact) mass is 441 g/mol. The number of aromatic nitrogens is 1. The summed E-state index contributed by atoms with van der Waals surface area (Å²) in [6.45, 7) is 3.55. The highest BCUT2D eigenvalue weighted by atomic mass is 35.5. The quantitative estimate of drug-likeness (QED) is 0.320. The van der Waals surface area contributed by atoms with Gasteiger partial charge >= 0.3 is 11.9 Å². The molecule has 0 spiro atoms. The zero-order valence-electron chi connectivity index (χ0n) is 16.4. The number of carbonyl (C=O) groups is 2. The average Bonchev–Trinajstić information content (AvgIpc) is 2.99. The van der Waals surface area contributed by atoms with Gasteiger partial charge in [-0.2, -0.15) is 0 Å². The van der Waals surface area contributed by atoms with E-state index in [9.17, 15) is 29.9 Å². The number of aryl methyl sites for hydroxylation is 1. The van der Waals surface area contributed by atoms with Crippen LogP contribution in [0.2, 0.25) is 5.02 Å². The lowest BCUT2D eigenvalue weighted by Gasteiger charge is -2.12. The Labute approximate surface area is 181 Å². The molecule has 0 fully saturated rings. The Morgan fingerprint density at radius 3 is 2.23 bits per heavy atom. The Hall–Kier alpha value is -3.98. The number of carboxylic acid groups (broad SMARTS) is 2. The number of carboxylic acids is 2. The van der Waals surface area contributed by atoms with Crippen LogP contribution in [0.5, 0.6) is 0 Å². The number of hydrogen-bond donors (Lipinski definition) is 2. The summed E-state index contributed by atoms with van der Waals surface area (Å²) in [5, 5.41) is 29.7. The van der Waals surface area contributed by atoms with E-state index < -0.39 is 16.9 Å². The summed E-state index contributed by atoms with van der Waals surface area (Å²) < 4.78 is 1.71. The standard InChI is InChI=1S/C21H16ClN3O6/c1-11-5-15(10-23-16-3-4-18(22)19(9-16)25(30)31)12(2)24(11)17-7-13(20(26)27)6-14(8-17)21(28)29/h3-10H,1-2H3,(H,26,27)(H,28,29). The van der Waals surface area contributed by atoms with Crippen molar-refractivity contribution in [2.75, 3.05) is 0 Å². The molecular formula is C21H16ClN3O6. The minimum atomic E-state index is -1.24. The molecule has 0 aliphatic rings. The van der Waals surface area contributed by atoms with Crippen LogP contribution in [-0.4, -0.2) is 37.9 Å². The molecule has 0 saturated heterocycles. The number of benzene rings is 2. The van der Waals surface area contributed by atoms with Crippen LogP contribution in [-0.2, 0) is 0 Å². The highest BCUT2D eigenvalue weighted by Crippen LogP contribution is 2.29. The Bertz CT molecular complexity index is 1230. The molecule has 0 atom stereocenters. The molecular weight excluding hydrogens is 426 g/mol. The summed E-state index contributed by atoms with van der Waals surface area (Å²) in [5.74, 6) is -2.48. The van der Waals surface area contributed by atoms with Crippen LogP contribution in [0.25, 0.3) is 5.69 Å². The first kappa shape index (κ1) is 21.7. The maximum absolute atomic E-state index is 11.4. The molecule has 1 aromatic heterocycles. The average molecular weight is 442 g/mol. The second-order valence-electron chi connectivity index (χ2n) is 6.69. The van der Waals surface area contributed by atoms with E-state index in [0.29, 0.717) is 22.6 Å². The lowest BCUT2D eigenvalue weighted by molar-refractivity contribution is -0.384. The molecule has 3 aromatic rings. The van der Waals surface area contributed by atoms with Gasteiger partial charge in [0.2, 0.25) is 0 Å². The number of hydrogen-bond acceptors (Lipinski definition) is 5. The fraction of sp³-hybridized carbons (Fsp3) is 0.0952. The van der Waals surface area contributed by atoms with Crippen molar-refractivity contribution < 1.29 is 24.7 Å². The number of aliphatic imine (C=N–C) groups is 1. The zero-order chi connectivity index (χ0) is 22.9. The summed E-state index contributed by atoms with van der Waals surface area (Å²) in [6.07, 6.45) is 1.52. The third-order valence-electron chi connectivity index (χ3n) is 4.62. The normalized spacial score (nSPS) is 11.1. The van der Waals surface area contributed by atoms with Gasteiger partial charge in [-0.05, 0) is 50.2 Å². The molecule has 3 rings (SSSR count). The number of rotatable bonds is 6. The number of nitrogens with zero attached hydrogens (tertiary/aromatic N) is 3. The van der Waals surface area contributed by atoms with Crippen LogP contribution >= 0.6 is 11.6 Å². The summed E-state index contributed by atoms with van der Waals surface area (Å²) in [4.78, 5) is 37.5. The molecule has 158 valence electrons. The summed E-state index contributed by atoms with van der Waals surface area (Å²) >= 11 is 5.82. The molecule has 9 nitrogen and oxygen atoms in total. The second-order valence-corrected chi connectivity index (χ2v) is 7.10. The van der Waals surface area contributed by atoms with Gasteiger partial charge in [-0.1, -0.05) is 11.6 Å². The summed E-state index contributed by atoms with van der Waals surface area (Å²) in [5.41, 5.74) is 2.25. The number of nitro benzene ring substituents is 1. The lowest BCUT2D eigenvalue weighted by atomic mass is 10.1. The van der Waals surface area contributed by atoms with E-state index in [1.807, 2.05) is 0 Å². The maximum Gasteiger partial charge on any atom is 0.335 e. The van der Waals surface area contributed by atoms with Gasteiger partial charge in [0.05, 0.1) is 21.7 Å². The topological polar surface area (TPSA) is 135 Å². The maximum atomic E-state index is 11.4. The predicted molar refractivity (Wildman–Crippen MR) is 115 cm³/mol. The van der Waals surface area contributed by atoms with E-state index >= 15 is 0 Å². The fourth-order valence-corrected chi connectivity index (χ4v) is 3.35. The lowest BCUT2D eigenvalue weighted by Crippen LogP contribution is -2.07. The van der Waals surface area contributed by atoms with Crippen LogP contribution in [0.4, 0.5) is 11.4 Å². The summed E-state index contributed by atoms with van der Waals surface area (Å²) in [6, 6.07) is 9.85. The van der Waals surface area contributed by atoms with Crippen LogP contribution in [0.15, 0.2) is 47.5 Å². The minimum Gasteiger partial charge on any atom is -0.478 e. The van der Waals surface area contributed by atoms with Gasteiger partial charge in [-0.3, -0.25) is 15.1 Å². The van der Waals surface area contributed by atoms with Gasteiger partial charge in [-0.25, -0.2) is 9.59 Å². The Morgan fingerprint density at radius 2 is 1.68 bits per heavy atom. The van der Waals surface area contributed by atoms with Gasteiger partial charge in [0.15, 0.2) is 0 Å². The van der Waals surface area contributed by atoms with Crippen molar-refractivity contribution >= 4 is 41.1 Å². The van der Waals surface area contributed by atoms with Gasteiger partial charge in [-0.15, -0.1) is 0 Å². The first-order valence-electron chi connectivity index (χ1n) is 8.87. The molecule has 0 unspecified atom stereocenters. The molecule has 0 radical (unpaired) electrons. The minimum absolute atomic E-state index is 0.00896. The van der Waals surface area contributed by atoms with Crippen LogP contribution in [0, 0.1) is 24.0 Å². The molecule has 0 amide bonds. The van der Waals surface area contributed by atoms with Crippen molar-refractivity contribution in [1.29, 1.82) is 0 Å². The Kier molecular flexibility index (Phi) is 5.89. The molecule has 0 bridgehead atoms. The Balaban J connectivity index is 2.05. The molecule has 31 heavy (non-hydrogen) atoms. The molecule has 0 aliphatic carbocycles. The van der Waals surface area contributed by atoms with Gasteiger partial charge in [0, 0.05) is 34.9 Å². The third kappa shape index (κ3) is 4.46. The van der Waals surface area contributed by atoms with Gasteiger partial charge in [0.1, 0.15) is 5.02 Å². The van der Waals surface area contributed by atoms with Crippen molar-refractivity contribution in [2.45, 2.75) is 13.8 Å². The first-order chi connectivity index (χ1) is 14.6. The SMILES string of the molecule is Cc1cc(C=Nc2ccc(Cl)c([N+](=O)[O-])c2)c(C)n1-c1cc(C(=O)O)cc(C(=O)O)c1. The van der Waals surface area contributed by atoms with Crippen LogP contribution in [0.3, 0.4) is 0 Å². The van der Waals surface area contributed by atoms with E-state index in [1.54, 1.807) is 30.5 Å². The molecule has 10 heteroatoms. The van der Waals surface area contributed by atoms with Crippen molar-refractivity contribution in [1.82, 2.24) is 4.57 Å². The van der Waals surface area contributed by atoms with E-state index in [1.165, 1.54) is 30.5 Å². The highest BCUT2D eigenvalue weighted by Gasteiger charge is 2.16. The molecule has 0 aliphatic heterocycles. The molecule has 2 N–H and O–H groups in total.